The zero-order valence-electron chi connectivity index (χ0n) is 12.1. The number of hydrogen-bond acceptors (Lipinski definition) is 2. The van der Waals surface area contributed by atoms with E-state index in [-0.39, 0.29) is 18.0 Å². The second-order valence-electron chi connectivity index (χ2n) is 6.31. The Kier molecular flexibility index (Phi) is 6.18. The summed E-state index contributed by atoms with van der Waals surface area (Å²) in [4.78, 5) is 12.2. The van der Waals surface area contributed by atoms with Crippen LogP contribution < -0.4 is 0 Å². The number of rotatable bonds is 6. The number of alkyl halides is 1. The molecule has 0 aromatic rings. The van der Waals surface area contributed by atoms with Crippen molar-refractivity contribution in [3.05, 3.63) is 0 Å². The van der Waals surface area contributed by atoms with Gasteiger partial charge in [0.1, 0.15) is 6.10 Å². The minimum atomic E-state index is 0.0477. The molecule has 1 aliphatic carbocycles. The van der Waals surface area contributed by atoms with Crippen LogP contribution in [0, 0.1) is 11.8 Å². The number of esters is 1. The highest BCUT2D eigenvalue weighted by atomic mass is 79.9. The summed E-state index contributed by atoms with van der Waals surface area (Å²) in [7, 11) is 0. The molecule has 2 fully saturated rings. The fourth-order valence-corrected chi connectivity index (χ4v) is 4.32. The fraction of sp³-hybridized carbons (Fsp3) is 0.938. The summed E-state index contributed by atoms with van der Waals surface area (Å²) in [6, 6.07) is 0. The minimum Gasteiger partial charge on any atom is -0.461 e. The number of cyclic esters (lactones) is 1. The normalized spacial score (nSPS) is 30.3. The molecule has 19 heavy (non-hydrogen) atoms. The van der Waals surface area contributed by atoms with Gasteiger partial charge < -0.3 is 4.74 Å². The van der Waals surface area contributed by atoms with Crippen LogP contribution in [0.3, 0.4) is 0 Å². The lowest BCUT2D eigenvalue weighted by atomic mass is 9.85. The summed E-state index contributed by atoms with van der Waals surface area (Å²) < 4.78 is 5.59. The summed E-state index contributed by atoms with van der Waals surface area (Å²) in [5.41, 5.74) is 0. The standard InChI is InChI=1S/C16H27BrO2/c1-2-3-9-13-11-15(19-16(13)18)14(17)10-12-7-5-4-6-8-12/h12-15H,2-11H2,1H3/t13?,14-,15-/m1/s1. The van der Waals surface area contributed by atoms with Gasteiger partial charge >= 0.3 is 5.97 Å². The molecule has 0 spiro atoms. The van der Waals surface area contributed by atoms with Crippen LogP contribution in [0.2, 0.25) is 0 Å². The molecule has 1 unspecified atom stereocenters. The average molecular weight is 331 g/mol. The monoisotopic (exact) mass is 330 g/mol. The first kappa shape index (κ1) is 15.3. The van der Waals surface area contributed by atoms with E-state index >= 15 is 0 Å². The largest absolute Gasteiger partial charge is 0.461 e. The van der Waals surface area contributed by atoms with E-state index in [0.29, 0.717) is 4.83 Å². The zero-order valence-corrected chi connectivity index (χ0v) is 13.7. The Morgan fingerprint density at radius 3 is 2.74 bits per heavy atom. The topological polar surface area (TPSA) is 26.3 Å². The molecule has 1 saturated carbocycles. The Bertz CT molecular complexity index is 286. The van der Waals surface area contributed by atoms with E-state index in [1.54, 1.807) is 0 Å². The third kappa shape index (κ3) is 4.47. The van der Waals surface area contributed by atoms with E-state index in [2.05, 4.69) is 22.9 Å². The predicted octanol–water partition coefficient (Wildman–Crippen LogP) is 4.84. The van der Waals surface area contributed by atoms with Crippen molar-refractivity contribution in [1.29, 1.82) is 0 Å². The van der Waals surface area contributed by atoms with E-state index < -0.39 is 0 Å². The Morgan fingerprint density at radius 2 is 2.05 bits per heavy atom. The summed E-state index contributed by atoms with van der Waals surface area (Å²) >= 11 is 3.79. The van der Waals surface area contributed by atoms with Crippen molar-refractivity contribution in [1.82, 2.24) is 0 Å². The van der Waals surface area contributed by atoms with E-state index in [9.17, 15) is 4.79 Å². The number of ether oxygens (including phenoxy) is 1. The van der Waals surface area contributed by atoms with Crippen LogP contribution in [-0.2, 0) is 9.53 Å². The molecule has 3 heteroatoms. The Hall–Kier alpha value is -0.0500. The first-order chi connectivity index (χ1) is 9.20. The third-order valence-corrected chi connectivity index (χ3v) is 5.67. The highest BCUT2D eigenvalue weighted by molar-refractivity contribution is 9.09. The van der Waals surface area contributed by atoms with Crippen LogP contribution in [-0.4, -0.2) is 16.9 Å². The second kappa shape index (κ2) is 7.66. The SMILES string of the molecule is CCCCC1C[C@H]([C@H](Br)CC2CCCCC2)OC1=O. The first-order valence-corrected chi connectivity index (χ1v) is 8.96. The van der Waals surface area contributed by atoms with E-state index in [0.717, 1.165) is 31.6 Å². The molecule has 0 N–H and O–H groups in total. The molecule has 1 heterocycles. The van der Waals surface area contributed by atoms with Gasteiger partial charge in [0.15, 0.2) is 0 Å². The summed E-state index contributed by atoms with van der Waals surface area (Å²) in [5.74, 6) is 1.05. The van der Waals surface area contributed by atoms with Crippen molar-refractivity contribution in [2.45, 2.75) is 82.1 Å². The number of halogens is 1. The number of carbonyl (C=O) groups excluding carboxylic acids is 1. The summed E-state index contributed by atoms with van der Waals surface area (Å²) in [6.07, 6.45) is 12.4. The number of unbranched alkanes of at least 4 members (excludes halogenated alkanes) is 1. The van der Waals surface area contributed by atoms with Crippen LogP contribution in [0.5, 0.6) is 0 Å². The number of carbonyl (C=O) groups is 1. The van der Waals surface area contributed by atoms with Gasteiger partial charge in [-0.3, -0.25) is 4.79 Å². The molecule has 0 amide bonds. The van der Waals surface area contributed by atoms with Crippen LogP contribution in [0.4, 0.5) is 0 Å². The molecular weight excluding hydrogens is 304 g/mol. The second-order valence-corrected chi connectivity index (χ2v) is 7.48. The molecule has 0 aromatic heterocycles. The Labute approximate surface area is 125 Å². The summed E-state index contributed by atoms with van der Waals surface area (Å²) in [5, 5.41) is 0. The quantitative estimate of drug-likeness (QED) is 0.514. The molecule has 2 nitrogen and oxygen atoms in total. The lowest BCUT2D eigenvalue weighted by Crippen LogP contribution is -2.24. The predicted molar refractivity (Wildman–Crippen MR) is 81.4 cm³/mol. The maximum absolute atomic E-state index is 11.8. The van der Waals surface area contributed by atoms with Crippen LogP contribution in [0.1, 0.15) is 71.1 Å². The van der Waals surface area contributed by atoms with Crippen LogP contribution in [0.15, 0.2) is 0 Å². The van der Waals surface area contributed by atoms with Crippen molar-refractivity contribution >= 4 is 21.9 Å². The van der Waals surface area contributed by atoms with Gasteiger partial charge in [-0.2, -0.15) is 0 Å². The fourth-order valence-electron chi connectivity index (χ4n) is 3.47. The van der Waals surface area contributed by atoms with Crippen molar-refractivity contribution in [2.75, 3.05) is 0 Å². The molecule has 110 valence electrons. The molecule has 0 radical (unpaired) electrons. The first-order valence-electron chi connectivity index (χ1n) is 8.05. The van der Waals surface area contributed by atoms with Crippen molar-refractivity contribution in [3.63, 3.8) is 0 Å². The van der Waals surface area contributed by atoms with Gasteiger partial charge in [0, 0.05) is 0 Å². The Morgan fingerprint density at radius 1 is 1.32 bits per heavy atom. The van der Waals surface area contributed by atoms with Gasteiger partial charge in [-0.15, -0.1) is 0 Å². The van der Waals surface area contributed by atoms with Gasteiger partial charge in [0.25, 0.3) is 0 Å². The molecule has 3 atom stereocenters. The average Bonchev–Trinajstić information content (AvgIpc) is 2.79. The molecule has 2 aliphatic rings. The maximum atomic E-state index is 11.8. The summed E-state index contributed by atoms with van der Waals surface area (Å²) in [6.45, 7) is 2.17. The lowest BCUT2D eigenvalue weighted by Gasteiger charge is -2.26. The van der Waals surface area contributed by atoms with Crippen molar-refractivity contribution in [3.8, 4) is 0 Å². The van der Waals surface area contributed by atoms with Crippen LogP contribution >= 0.6 is 15.9 Å². The van der Waals surface area contributed by atoms with Gasteiger partial charge in [-0.1, -0.05) is 67.8 Å². The van der Waals surface area contributed by atoms with Crippen LogP contribution in [0.25, 0.3) is 0 Å². The van der Waals surface area contributed by atoms with Gasteiger partial charge in [-0.05, 0) is 25.2 Å². The van der Waals surface area contributed by atoms with Gasteiger partial charge in [0.05, 0.1) is 10.7 Å². The molecule has 0 bridgehead atoms. The lowest BCUT2D eigenvalue weighted by molar-refractivity contribution is -0.144. The molecule has 2 rings (SSSR count). The van der Waals surface area contributed by atoms with Crippen molar-refractivity contribution in [2.24, 2.45) is 11.8 Å². The zero-order chi connectivity index (χ0) is 13.7. The van der Waals surface area contributed by atoms with Gasteiger partial charge in [-0.25, -0.2) is 0 Å². The van der Waals surface area contributed by atoms with E-state index in [1.807, 2.05) is 0 Å². The molecule has 1 saturated heterocycles. The van der Waals surface area contributed by atoms with Gasteiger partial charge in [0.2, 0.25) is 0 Å². The number of hydrogen-bond donors (Lipinski definition) is 0. The third-order valence-electron chi connectivity index (χ3n) is 4.71. The maximum Gasteiger partial charge on any atom is 0.309 e. The molecular formula is C16H27BrO2. The highest BCUT2D eigenvalue weighted by Gasteiger charge is 2.38. The van der Waals surface area contributed by atoms with E-state index in [1.165, 1.54) is 38.5 Å². The minimum absolute atomic E-state index is 0.0477. The highest BCUT2D eigenvalue weighted by Crippen LogP contribution is 2.35. The smallest absolute Gasteiger partial charge is 0.309 e. The molecule has 0 aromatic carbocycles. The van der Waals surface area contributed by atoms with Crippen molar-refractivity contribution < 1.29 is 9.53 Å². The van der Waals surface area contributed by atoms with E-state index in [4.69, 9.17) is 4.74 Å². The molecule has 1 aliphatic heterocycles. The Balaban J connectivity index is 1.76.